The van der Waals surface area contributed by atoms with Crippen molar-refractivity contribution in [2.75, 3.05) is 0 Å². The topological polar surface area (TPSA) is 43.6 Å². The fraction of sp³-hybridized carbons (Fsp3) is 0. The van der Waals surface area contributed by atoms with Gasteiger partial charge in [-0.15, -0.1) is 0 Å². The van der Waals surface area contributed by atoms with Gasteiger partial charge in [0.05, 0.1) is 40.0 Å². The van der Waals surface area contributed by atoms with Gasteiger partial charge in [-0.05, 0) is 40.9 Å². The molecule has 7 aromatic carbocycles. The van der Waals surface area contributed by atoms with E-state index >= 15 is 0 Å². The van der Waals surface area contributed by atoms with Crippen LogP contribution in [0.25, 0.3) is 83.9 Å². The smallest absolute Gasteiger partial charge is 0.166 e. The number of nitrogens with zero attached hydrogens (tertiary/aromatic N) is 4. The number of para-hydroxylation sites is 3. The van der Waals surface area contributed by atoms with E-state index in [9.17, 15) is 5.48 Å². The molecule has 49 heavy (non-hydrogen) atoms. The Hall–Kier alpha value is -6.65. The fourth-order valence-electron chi connectivity index (χ4n) is 5.72. The quantitative estimate of drug-likeness (QED) is 0.181. The maximum Gasteiger partial charge on any atom is 0.166 e. The van der Waals surface area contributed by atoms with Crippen LogP contribution in [0.2, 0.25) is 0 Å². The lowest BCUT2D eigenvalue weighted by molar-refractivity contribution is 1.06. The molecule has 4 nitrogen and oxygen atoms in total. The summed E-state index contributed by atoms with van der Waals surface area (Å²) in [4.78, 5) is 14.6. The van der Waals surface area contributed by atoms with Crippen LogP contribution in [0.3, 0.4) is 0 Å². The van der Waals surface area contributed by atoms with Crippen LogP contribution < -0.4 is 0 Å². The summed E-state index contributed by atoms with van der Waals surface area (Å²) in [6, 6.07) is 9.87. The van der Waals surface area contributed by atoms with Crippen molar-refractivity contribution < 1.29 is 23.3 Å². The summed E-state index contributed by atoms with van der Waals surface area (Å²) < 4.78 is 153. The standard InChI is InChI=1S/C45H30N4/c1-4-16-31(17-5-1)34-22-14-23-35(30-34)36-26-15-27-39(42(36)49-40-28-12-10-24-37(40)38-25-11-13-29-41(38)49)45-47-43(32-18-6-2-7-19-32)46-44(48-45)33-20-8-3-9-21-33/h1-30H/i1D,4D,5D,10D,11D,12D,13D,14D,16D,17D,22D,23D,24D,25D,28D,29D,30D. The van der Waals surface area contributed by atoms with Crippen molar-refractivity contribution in [3.05, 3.63) is 182 Å². The van der Waals surface area contributed by atoms with E-state index in [2.05, 4.69) is 0 Å². The minimum Gasteiger partial charge on any atom is -0.308 e. The van der Waals surface area contributed by atoms with Crippen LogP contribution in [0, 0.1) is 0 Å². The lowest BCUT2D eigenvalue weighted by atomic mass is 9.95. The number of aromatic nitrogens is 4. The largest absolute Gasteiger partial charge is 0.308 e. The molecule has 2 heterocycles. The Morgan fingerprint density at radius 2 is 0.898 bits per heavy atom. The van der Waals surface area contributed by atoms with Crippen molar-refractivity contribution in [2.24, 2.45) is 0 Å². The molecule has 230 valence electrons. The van der Waals surface area contributed by atoms with Crippen molar-refractivity contribution in [1.82, 2.24) is 19.5 Å². The lowest BCUT2D eigenvalue weighted by Gasteiger charge is -2.19. The second kappa shape index (κ2) is 12.2. The summed E-state index contributed by atoms with van der Waals surface area (Å²) in [5, 5.41) is -0.567. The van der Waals surface area contributed by atoms with Gasteiger partial charge in [0.15, 0.2) is 17.5 Å². The van der Waals surface area contributed by atoms with Crippen molar-refractivity contribution in [2.45, 2.75) is 0 Å². The number of benzene rings is 7. The minimum atomic E-state index is -0.803. The molecule has 9 aromatic rings. The summed E-state index contributed by atoms with van der Waals surface area (Å²) in [7, 11) is 0. The predicted molar refractivity (Wildman–Crippen MR) is 201 cm³/mol. The van der Waals surface area contributed by atoms with Crippen LogP contribution in [0.5, 0.6) is 0 Å². The summed E-state index contributed by atoms with van der Waals surface area (Å²) in [6.45, 7) is 0. The SMILES string of the molecule is [2H]c1c([2H])c([2H])c(-c2c([2H])c([2H])c([2H])c(-c3cccc(-c4nc(-c5ccccc5)nc(-c5ccccc5)n4)c3-n3c4c([2H])c([2H])c([2H])c([2H])c4c4c([2H])c([2H])c([2H])c([2H])c43)c2[2H])c([2H])c1[2H]. The molecule has 0 saturated heterocycles. The zero-order valence-electron chi connectivity index (χ0n) is 42.3. The molecule has 0 atom stereocenters. The number of hydrogen-bond donors (Lipinski definition) is 0. The van der Waals surface area contributed by atoms with Crippen molar-refractivity contribution in [3.8, 4) is 62.1 Å². The first-order valence-corrected chi connectivity index (χ1v) is 15.1. The van der Waals surface area contributed by atoms with E-state index in [0.717, 1.165) is 0 Å². The zero-order chi connectivity index (χ0) is 47.4. The molecule has 0 bridgehead atoms. The van der Waals surface area contributed by atoms with E-state index in [0.29, 0.717) is 11.1 Å². The normalized spacial score (nSPS) is 16.1. The van der Waals surface area contributed by atoms with Crippen LogP contribution in [0.1, 0.15) is 23.3 Å². The van der Waals surface area contributed by atoms with Crippen molar-refractivity contribution in [1.29, 1.82) is 0 Å². The monoisotopic (exact) mass is 643 g/mol. The second-order valence-electron chi connectivity index (χ2n) is 10.8. The third-order valence-corrected chi connectivity index (χ3v) is 7.88. The summed E-state index contributed by atoms with van der Waals surface area (Å²) >= 11 is 0. The molecule has 0 N–H and O–H groups in total. The molecular formula is C45H30N4. The second-order valence-corrected chi connectivity index (χ2v) is 10.8. The number of fused-ring (bicyclic) bond motifs is 3. The summed E-state index contributed by atoms with van der Waals surface area (Å²) in [6.07, 6.45) is 0. The van der Waals surface area contributed by atoms with Crippen LogP contribution in [-0.2, 0) is 0 Å². The molecule has 0 radical (unpaired) electrons. The van der Waals surface area contributed by atoms with E-state index in [1.807, 2.05) is 0 Å². The first-order valence-electron chi connectivity index (χ1n) is 23.6. The predicted octanol–water partition coefficient (Wildman–Crippen LogP) is 11.3. The van der Waals surface area contributed by atoms with Gasteiger partial charge < -0.3 is 4.57 Å². The van der Waals surface area contributed by atoms with Gasteiger partial charge in [-0.25, -0.2) is 15.0 Å². The van der Waals surface area contributed by atoms with Gasteiger partial charge in [-0.1, -0.05) is 157 Å². The maximum absolute atomic E-state index is 9.73. The molecule has 9 rings (SSSR count). The third kappa shape index (κ3) is 5.16. The maximum atomic E-state index is 9.73. The van der Waals surface area contributed by atoms with Gasteiger partial charge in [0.1, 0.15) is 0 Å². The Bertz CT molecular complexity index is 3400. The molecule has 0 spiro atoms. The van der Waals surface area contributed by atoms with Crippen LogP contribution >= 0.6 is 0 Å². The van der Waals surface area contributed by atoms with E-state index in [1.54, 1.807) is 60.7 Å². The highest BCUT2D eigenvalue weighted by molar-refractivity contribution is 6.10. The van der Waals surface area contributed by atoms with Crippen molar-refractivity contribution in [3.63, 3.8) is 0 Å². The first kappa shape index (κ1) is 16.0. The first-order chi connectivity index (χ1) is 31.4. The molecule has 0 fully saturated rings. The summed E-state index contributed by atoms with van der Waals surface area (Å²) in [5.74, 6) is 0.280. The molecule has 4 heteroatoms. The third-order valence-electron chi connectivity index (χ3n) is 7.88. The van der Waals surface area contributed by atoms with Gasteiger partial charge in [0.2, 0.25) is 0 Å². The van der Waals surface area contributed by atoms with Gasteiger partial charge in [0.25, 0.3) is 0 Å². The number of rotatable bonds is 6. The number of hydrogen-bond acceptors (Lipinski definition) is 3. The highest BCUT2D eigenvalue weighted by Gasteiger charge is 2.22. The van der Waals surface area contributed by atoms with Crippen LogP contribution in [0.15, 0.2) is 182 Å². The molecule has 0 amide bonds. The molecule has 0 aliphatic carbocycles. The zero-order valence-corrected chi connectivity index (χ0v) is 25.3. The molecule has 0 unspecified atom stereocenters. The molecule has 2 aromatic heterocycles. The molecule has 0 aliphatic heterocycles. The van der Waals surface area contributed by atoms with Gasteiger partial charge in [-0.3, -0.25) is 0 Å². The van der Waals surface area contributed by atoms with Crippen molar-refractivity contribution >= 4 is 21.8 Å². The van der Waals surface area contributed by atoms with E-state index in [1.165, 1.54) is 22.8 Å². The highest BCUT2D eigenvalue weighted by atomic mass is 15.1. The van der Waals surface area contributed by atoms with Gasteiger partial charge >= 0.3 is 0 Å². The fourth-order valence-corrected chi connectivity index (χ4v) is 5.72. The Kier molecular flexibility index (Phi) is 3.97. The van der Waals surface area contributed by atoms with E-state index < -0.39 is 119 Å². The lowest BCUT2D eigenvalue weighted by Crippen LogP contribution is -2.05. The van der Waals surface area contributed by atoms with Crippen LogP contribution in [0.4, 0.5) is 0 Å². The Labute approximate surface area is 308 Å². The van der Waals surface area contributed by atoms with E-state index in [4.69, 9.17) is 32.8 Å². The molecular weight excluding hydrogens is 597 g/mol. The Morgan fingerprint density at radius 1 is 0.388 bits per heavy atom. The summed E-state index contributed by atoms with van der Waals surface area (Å²) in [5.41, 5.74) is -1.48. The van der Waals surface area contributed by atoms with Gasteiger partial charge in [-0.2, -0.15) is 0 Å². The molecule has 0 aliphatic rings. The van der Waals surface area contributed by atoms with Gasteiger partial charge in [0, 0.05) is 33.0 Å². The minimum absolute atomic E-state index is 0.0209. The Morgan fingerprint density at radius 3 is 1.53 bits per heavy atom. The Balaban J connectivity index is 1.55. The average molecular weight is 644 g/mol. The molecule has 0 saturated carbocycles. The van der Waals surface area contributed by atoms with E-state index in [-0.39, 0.29) is 56.1 Å². The average Bonchev–Trinajstić information content (AvgIpc) is 3.69. The van der Waals surface area contributed by atoms with Crippen LogP contribution in [-0.4, -0.2) is 19.5 Å². The highest BCUT2D eigenvalue weighted by Crippen LogP contribution is 2.41.